The van der Waals surface area contributed by atoms with E-state index in [1.54, 1.807) is 41.7 Å². The van der Waals surface area contributed by atoms with Crippen molar-refractivity contribution < 1.29 is 9.53 Å². The third-order valence-electron chi connectivity index (χ3n) is 4.96. The van der Waals surface area contributed by atoms with Gasteiger partial charge >= 0.3 is 0 Å². The maximum atomic E-state index is 12.6. The van der Waals surface area contributed by atoms with Crippen LogP contribution in [0, 0.1) is 6.92 Å². The van der Waals surface area contributed by atoms with Gasteiger partial charge in [0.15, 0.2) is 0 Å². The Morgan fingerprint density at radius 2 is 1.70 bits per heavy atom. The highest BCUT2D eigenvalue weighted by atomic mass is 32.1. The number of hydrogen-bond acceptors (Lipinski definition) is 5. The minimum Gasteiger partial charge on any atom is -0.439 e. The van der Waals surface area contributed by atoms with Gasteiger partial charge in [-0.15, -0.1) is 11.3 Å². The predicted molar refractivity (Wildman–Crippen MR) is 130 cm³/mol. The first-order valence-electron chi connectivity index (χ1n) is 10.4. The van der Waals surface area contributed by atoms with Crippen LogP contribution < -0.4 is 10.1 Å². The summed E-state index contributed by atoms with van der Waals surface area (Å²) in [6, 6.07) is 24.5. The summed E-state index contributed by atoms with van der Waals surface area (Å²) in [4.78, 5) is 22.6. The zero-order valence-electron chi connectivity index (χ0n) is 17.8. The molecule has 0 atom stereocenters. The topological polar surface area (TPSA) is 69.0 Å². The van der Waals surface area contributed by atoms with E-state index in [0.717, 1.165) is 11.4 Å². The lowest BCUT2D eigenvalue weighted by Crippen LogP contribution is -2.11. The molecule has 3 heterocycles. The number of rotatable bonds is 6. The number of aryl methyl sites for hydroxylation is 1. The highest BCUT2D eigenvalue weighted by Crippen LogP contribution is 2.26. The summed E-state index contributed by atoms with van der Waals surface area (Å²) in [5, 5.41) is 4.96. The summed E-state index contributed by atoms with van der Waals surface area (Å²) in [5.74, 6) is 2.25. The van der Waals surface area contributed by atoms with Gasteiger partial charge in [-0.1, -0.05) is 18.2 Å². The van der Waals surface area contributed by atoms with E-state index in [-0.39, 0.29) is 5.91 Å². The van der Waals surface area contributed by atoms with Crippen LogP contribution in [0.4, 0.5) is 5.69 Å². The lowest BCUT2D eigenvalue weighted by molar-refractivity contribution is 0.102. The van der Waals surface area contributed by atoms with Crippen molar-refractivity contribution in [2.24, 2.45) is 0 Å². The molecule has 0 saturated heterocycles. The second-order valence-corrected chi connectivity index (χ2v) is 8.28. The molecular weight excluding hydrogens is 432 g/mol. The molecule has 0 aliphatic heterocycles. The fraction of sp³-hybridized carbons (Fsp3) is 0.0385. The number of anilines is 1. The molecule has 0 radical (unpaired) electrons. The van der Waals surface area contributed by atoms with E-state index in [0.29, 0.717) is 28.7 Å². The number of amides is 1. The van der Waals surface area contributed by atoms with Gasteiger partial charge in [0, 0.05) is 34.6 Å². The van der Waals surface area contributed by atoms with Crippen molar-refractivity contribution in [3.8, 4) is 27.9 Å². The Balaban J connectivity index is 1.25. The molecule has 0 aliphatic carbocycles. The standard InChI is InChI=1S/C26H20N4O2S/c1-18-27-24(30-14-2-3-15-30)17-25(28-18)32-22-12-10-21(11-13-22)29-26(31)20-8-6-19(7-9-20)23-5-4-16-33-23/h2-17H,1H3,(H,29,31). The van der Waals surface area contributed by atoms with Gasteiger partial charge in [0.25, 0.3) is 5.91 Å². The zero-order valence-corrected chi connectivity index (χ0v) is 18.6. The first kappa shape index (κ1) is 20.7. The first-order valence-corrected chi connectivity index (χ1v) is 11.2. The van der Waals surface area contributed by atoms with Gasteiger partial charge in [-0.25, -0.2) is 4.98 Å². The number of carbonyl (C=O) groups is 1. The molecule has 0 fully saturated rings. The zero-order chi connectivity index (χ0) is 22.6. The van der Waals surface area contributed by atoms with Gasteiger partial charge in [0.2, 0.25) is 5.88 Å². The summed E-state index contributed by atoms with van der Waals surface area (Å²) >= 11 is 1.67. The van der Waals surface area contributed by atoms with E-state index >= 15 is 0 Å². The van der Waals surface area contributed by atoms with Crippen molar-refractivity contribution in [3.63, 3.8) is 0 Å². The average molecular weight is 453 g/mol. The van der Waals surface area contributed by atoms with Crippen molar-refractivity contribution in [2.75, 3.05) is 5.32 Å². The van der Waals surface area contributed by atoms with Gasteiger partial charge in [0.05, 0.1) is 0 Å². The molecule has 3 aromatic heterocycles. The number of aromatic nitrogens is 3. The minimum absolute atomic E-state index is 0.163. The van der Waals surface area contributed by atoms with Crippen LogP contribution in [0.15, 0.2) is 96.6 Å². The molecule has 162 valence electrons. The van der Waals surface area contributed by atoms with Crippen LogP contribution in [-0.2, 0) is 0 Å². The summed E-state index contributed by atoms with van der Waals surface area (Å²) < 4.78 is 7.81. The molecule has 0 unspecified atom stereocenters. The molecule has 7 heteroatoms. The van der Waals surface area contributed by atoms with Gasteiger partial charge in [-0.2, -0.15) is 4.98 Å². The van der Waals surface area contributed by atoms with Crippen LogP contribution in [0.1, 0.15) is 16.2 Å². The predicted octanol–water partition coefficient (Wildman–Crippen LogP) is 6.35. The first-order chi connectivity index (χ1) is 16.1. The van der Waals surface area contributed by atoms with E-state index < -0.39 is 0 Å². The number of nitrogens with zero attached hydrogens (tertiary/aromatic N) is 3. The quantitative estimate of drug-likeness (QED) is 0.326. The van der Waals surface area contributed by atoms with Crippen molar-refractivity contribution in [2.45, 2.75) is 6.92 Å². The molecule has 1 N–H and O–H groups in total. The summed E-state index contributed by atoms with van der Waals surface area (Å²) in [6.45, 7) is 1.82. The lowest BCUT2D eigenvalue weighted by atomic mass is 10.1. The number of nitrogens with one attached hydrogen (secondary N) is 1. The highest BCUT2D eigenvalue weighted by molar-refractivity contribution is 7.13. The molecule has 5 rings (SSSR count). The number of hydrogen-bond donors (Lipinski definition) is 1. The van der Waals surface area contributed by atoms with Crippen molar-refractivity contribution in [3.05, 3.63) is 108 Å². The van der Waals surface area contributed by atoms with E-state index in [9.17, 15) is 4.79 Å². The van der Waals surface area contributed by atoms with Crippen LogP contribution in [0.3, 0.4) is 0 Å². The Morgan fingerprint density at radius 1 is 0.939 bits per heavy atom. The third kappa shape index (κ3) is 4.83. The molecule has 0 aliphatic rings. The van der Waals surface area contributed by atoms with E-state index in [1.165, 1.54) is 4.88 Å². The molecular formula is C26H20N4O2S. The molecule has 5 aromatic rings. The van der Waals surface area contributed by atoms with Gasteiger partial charge in [0.1, 0.15) is 17.4 Å². The summed E-state index contributed by atoms with van der Waals surface area (Å²) in [7, 11) is 0. The SMILES string of the molecule is Cc1nc(Oc2ccc(NC(=O)c3ccc(-c4cccs4)cc3)cc2)cc(-n2cccc2)n1. The second kappa shape index (κ2) is 9.10. The Hall–Kier alpha value is -4.23. The number of benzene rings is 2. The van der Waals surface area contributed by atoms with Crippen LogP contribution in [0.2, 0.25) is 0 Å². The average Bonchev–Trinajstić information content (AvgIpc) is 3.55. The van der Waals surface area contributed by atoms with Crippen LogP contribution in [0.5, 0.6) is 11.6 Å². The monoisotopic (exact) mass is 452 g/mol. The van der Waals surface area contributed by atoms with Crippen molar-refractivity contribution >= 4 is 22.9 Å². The Morgan fingerprint density at radius 3 is 2.39 bits per heavy atom. The van der Waals surface area contributed by atoms with Crippen molar-refractivity contribution in [1.29, 1.82) is 0 Å². The van der Waals surface area contributed by atoms with E-state index in [4.69, 9.17) is 4.74 Å². The Labute approximate surface area is 195 Å². The van der Waals surface area contributed by atoms with Gasteiger partial charge in [-0.05, 0) is 72.5 Å². The van der Waals surface area contributed by atoms with Gasteiger partial charge < -0.3 is 14.6 Å². The van der Waals surface area contributed by atoms with Crippen molar-refractivity contribution in [1.82, 2.24) is 14.5 Å². The fourth-order valence-corrected chi connectivity index (χ4v) is 4.09. The number of ether oxygens (including phenoxy) is 1. The van der Waals surface area contributed by atoms with E-state index in [2.05, 4.69) is 21.4 Å². The highest BCUT2D eigenvalue weighted by Gasteiger charge is 2.09. The van der Waals surface area contributed by atoms with Crippen LogP contribution in [-0.4, -0.2) is 20.4 Å². The maximum Gasteiger partial charge on any atom is 0.255 e. The van der Waals surface area contributed by atoms with E-state index in [1.807, 2.05) is 71.7 Å². The third-order valence-corrected chi connectivity index (χ3v) is 5.88. The molecule has 2 aromatic carbocycles. The largest absolute Gasteiger partial charge is 0.439 e. The lowest BCUT2D eigenvalue weighted by Gasteiger charge is -2.10. The second-order valence-electron chi connectivity index (χ2n) is 7.34. The molecule has 1 amide bonds. The summed E-state index contributed by atoms with van der Waals surface area (Å²) in [6.07, 6.45) is 3.83. The molecule has 6 nitrogen and oxygen atoms in total. The van der Waals surface area contributed by atoms with Gasteiger partial charge in [-0.3, -0.25) is 4.79 Å². The molecule has 33 heavy (non-hydrogen) atoms. The fourth-order valence-electron chi connectivity index (χ4n) is 3.36. The number of thiophene rings is 1. The Bertz CT molecular complexity index is 1360. The number of carbonyl (C=O) groups excluding carboxylic acids is 1. The van der Waals surface area contributed by atoms with Crippen LogP contribution >= 0.6 is 11.3 Å². The smallest absolute Gasteiger partial charge is 0.255 e. The molecule has 0 bridgehead atoms. The van der Waals surface area contributed by atoms with Crippen LogP contribution in [0.25, 0.3) is 16.3 Å². The summed E-state index contributed by atoms with van der Waals surface area (Å²) in [5.41, 5.74) is 2.38. The molecule has 0 spiro atoms. The maximum absolute atomic E-state index is 12.6. The minimum atomic E-state index is -0.163. The Kier molecular flexibility index (Phi) is 5.70. The molecule has 0 saturated carbocycles. The normalized spacial score (nSPS) is 10.7.